The summed E-state index contributed by atoms with van der Waals surface area (Å²) in [4.78, 5) is 24.7. The van der Waals surface area contributed by atoms with Crippen LogP contribution in [-0.4, -0.2) is 18.9 Å². The van der Waals surface area contributed by atoms with E-state index < -0.39 is 0 Å². The second-order valence-electron chi connectivity index (χ2n) is 6.12. The Labute approximate surface area is 168 Å². The van der Waals surface area contributed by atoms with E-state index in [0.29, 0.717) is 22.0 Å². The van der Waals surface area contributed by atoms with Crippen LogP contribution in [0.1, 0.15) is 15.9 Å². The third kappa shape index (κ3) is 5.34. The van der Waals surface area contributed by atoms with Crippen LogP contribution in [0.4, 0.5) is 11.4 Å². The van der Waals surface area contributed by atoms with Crippen LogP contribution in [0.5, 0.6) is 5.75 Å². The molecule has 28 heavy (non-hydrogen) atoms. The second-order valence-corrected chi connectivity index (χ2v) is 6.55. The maximum Gasteiger partial charge on any atom is 0.255 e. The third-order valence-electron chi connectivity index (χ3n) is 4.01. The first-order valence-electron chi connectivity index (χ1n) is 8.63. The molecule has 142 valence electrons. The lowest BCUT2D eigenvalue weighted by Crippen LogP contribution is -2.16. The number of benzene rings is 3. The molecule has 0 fully saturated rings. The number of anilines is 2. The molecule has 0 spiro atoms. The highest BCUT2D eigenvalue weighted by Crippen LogP contribution is 2.18. The summed E-state index contributed by atoms with van der Waals surface area (Å²) in [5.41, 5.74) is 2.46. The molecule has 0 heterocycles. The molecule has 0 saturated heterocycles. The average Bonchev–Trinajstić information content (AvgIpc) is 2.68. The molecular weight excluding hydrogens is 376 g/mol. The van der Waals surface area contributed by atoms with Crippen molar-refractivity contribution in [3.05, 3.63) is 88.9 Å². The molecule has 0 aliphatic carbocycles. The van der Waals surface area contributed by atoms with Crippen molar-refractivity contribution in [1.82, 2.24) is 0 Å². The predicted molar refractivity (Wildman–Crippen MR) is 111 cm³/mol. The van der Waals surface area contributed by atoms with Gasteiger partial charge in [0.2, 0.25) is 5.91 Å². The van der Waals surface area contributed by atoms with Gasteiger partial charge < -0.3 is 15.4 Å². The molecular formula is C22H19ClN2O3. The Balaban J connectivity index is 1.63. The summed E-state index contributed by atoms with van der Waals surface area (Å²) in [5, 5.41) is 6.14. The van der Waals surface area contributed by atoms with Gasteiger partial charge >= 0.3 is 0 Å². The lowest BCUT2D eigenvalue weighted by Gasteiger charge is -2.09. The first kappa shape index (κ1) is 19.5. The van der Waals surface area contributed by atoms with Crippen LogP contribution >= 0.6 is 11.6 Å². The molecule has 0 aromatic heterocycles. The van der Waals surface area contributed by atoms with Crippen molar-refractivity contribution in [2.24, 2.45) is 0 Å². The second kappa shape index (κ2) is 9.06. The Morgan fingerprint density at radius 1 is 0.893 bits per heavy atom. The van der Waals surface area contributed by atoms with Gasteiger partial charge in [0, 0.05) is 22.0 Å². The van der Waals surface area contributed by atoms with Gasteiger partial charge in [-0.05, 0) is 54.1 Å². The number of halogens is 1. The van der Waals surface area contributed by atoms with Gasteiger partial charge in [-0.3, -0.25) is 9.59 Å². The lowest BCUT2D eigenvalue weighted by atomic mass is 10.1. The molecule has 0 atom stereocenters. The van der Waals surface area contributed by atoms with Crippen molar-refractivity contribution in [1.29, 1.82) is 0 Å². The maximum atomic E-state index is 12.4. The number of carbonyl (C=O) groups is 2. The van der Waals surface area contributed by atoms with Gasteiger partial charge in [-0.25, -0.2) is 0 Å². The SMILES string of the molecule is COc1ccc(CC(=O)Nc2cccc(C(=O)Nc3cccc(Cl)c3)c2)cc1. The van der Waals surface area contributed by atoms with Crippen LogP contribution in [0.15, 0.2) is 72.8 Å². The van der Waals surface area contributed by atoms with E-state index in [1.54, 1.807) is 55.6 Å². The standard InChI is InChI=1S/C22H19ClN2O3/c1-28-20-10-8-15(9-11-20)12-21(26)24-18-6-2-4-16(13-18)22(27)25-19-7-3-5-17(23)14-19/h2-11,13-14H,12H2,1H3,(H,24,26)(H,25,27). The number of rotatable bonds is 6. The quantitative estimate of drug-likeness (QED) is 0.632. The van der Waals surface area contributed by atoms with Gasteiger partial charge in [0.25, 0.3) is 5.91 Å². The van der Waals surface area contributed by atoms with Crippen LogP contribution in [0, 0.1) is 0 Å². The van der Waals surface area contributed by atoms with Crippen molar-refractivity contribution in [2.75, 3.05) is 17.7 Å². The highest BCUT2D eigenvalue weighted by atomic mass is 35.5. The molecule has 0 radical (unpaired) electrons. The summed E-state index contributed by atoms with van der Waals surface area (Å²) in [6.07, 6.45) is 0.225. The van der Waals surface area contributed by atoms with Crippen LogP contribution in [0.3, 0.4) is 0 Å². The lowest BCUT2D eigenvalue weighted by molar-refractivity contribution is -0.115. The van der Waals surface area contributed by atoms with Crippen molar-refractivity contribution < 1.29 is 14.3 Å². The number of nitrogens with one attached hydrogen (secondary N) is 2. The van der Waals surface area contributed by atoms with E-state index in [2.05, 4.69) is 10.6 Å². The molecule has 0 saturated carbocycles. The molecule has 3 aromatic rings. The first-order valence-corrected chi connectivity index (χ1v) is 9.01. The Bertz CT molecular complexity index is 987. The molecule has 5 nitrogen and oxygen atoms in total. The number of methoxy groups -OCH3 is 1. The monoisotopic (exact) mass is 394 g/mol. The van der Waals surface area contributed by atoms with Crippen molar-refractivity contribution in [3.63, 3.8) is 0 Å². The van der Waals surface area contributed by atoms with Crippen LogP contribution in [0.25, 0.3) is 0 Å². The molecule has 2 amide bonds. The molecule has 3 aromatic carbocycles. The molecule has 0 bridgehead atoms. The van der Waals surface area contributed by atoms with Crippen LogP contribution in [-0.2, 0) is 11.2 Å². The van der Waals surface area contributed by atoms with Gasteiger partial charge in [0.05, 0.1) is 13.5 Å². The minimum atomic E-state index is -0.284. The highest BCUT2D eigenvalue weighted by Gasteiger charge is 2.09. The molecule has 0 aliphatic heterocycles. The Morgan fingerprint density at radius 2 is 1.57 bits per heavy atom. The highest BCUT2D eigenvalue weighted by molar-refractivity contribution is 6.31. The van der Waals surface area contributed by atoms with E-state index in [0.717, 1.165) is 11.3 Å². The fourth-order valence-corrected chi connectivity index (χ4v) is 2.83. The summed E-state index contributed by atoms with van der Waals surface area (Å²) in [6, 6.07) is 21.0. The number of carbonyl (C=O) groups excluding carboxylic acids is 2. The molecule has 2 N–H and O–H groups in total. The molecule has 0 unspecified atom stereocenters. The predicted octanol–water partition coefficient (Wildman–Crippen LogP) is 4.78. The maximum absolute atomic E-state index is 12.4. The molecule has 3 rings (SSSR count). The van der Waals surface area contributed by atoms with E-state index in [4.69, 9.17) is 16.3 Å². The van der Waals surface area contributed by atoms with E-state index in [1.807, 2.05) is 24.3 Å². The van der Waals surface area contributed by atoms with Crippen LogP contribution < -0.4 is 15.4 Å². The van der Waals surface area contributed by atoms with Crippen molar-refractivity contribution in [2.45, 2.75) is 6.42 Å². The number of ether oxygens (including phenoxy) is 1. The normalized spacial score (nSPS) is 10.2. The zero-order valence-electron chi connectivity index (χ0n) is 15.2. The zero-order valence-corrected chi connectivity index (χ0v) is 16.0. The topological polar surface area (TPSA) is 67.4 Å². The summed E-state index contributed by atoms with van der Waals surface area (Å²) in [7, 11) is 1.59. The fraction of sp³-hybridized carbons (Fsp3) is 0.0909. The fourth-order valence-electron chi connectivity index (χ4n) is 2.64. The largest absolute Gasteiger partial charge is 0.497 e. The van der Waals surface area contributed by atoms with Crippen molar-refractivity contribution in [3.8, 4) is 5.75 Å². The smallest absolute Gasteiger partial charge is 0.255 e. The summed E-state index contributed by atoms with van der Waals surface area (Å²) in [6.45, 7) is 0. The minimum Gasteiger partial charge on any atom is -0.497 e. The van der Waals surface area contributed by atoms with Gasteiger partial charge in [0.1, 0.15) is 5.75 Å². The van der Waals surface area contributed by atoms with Crippen molar-refractivity contribution >= 4 is 34.8 Å². The third-order valence-corrected chi connectivity index (χ3v) is 4.25. The number of hydrogen-bond donors (Lipinski definition) is 2. The number of amides is 2. The minimum absolute atomic E-state index is 0.169. The molecule has 0 aliphatic rings. The van der Waals surface area contributed by atoms with E-state index in [1.165, 1.54) is 0 Å². The van der Waals surface area contributed by atoms with Gasteiger partial charge in [-0.2, -0.15) is 0 Å². The van der Waals surface area contributed by atoms with Gasteiger partial charge in [-0.1, -0.05) is 35.9 Å². The van der Waals surface area contributed by atoms with E-state index >= 15 is 0 Å². The average molecular weight is 395 g/mol. The Kier molecular flexibility index (Phi) is 6.29. The van der Waals surface area contributed by atoms with Gasteiger partial charge in [-0.15, -0.1) is 0 Å². The van der Waals surface area contributed by atoms with Gasteiger partial charge in [0.15, 0.2) is 0 Å². The van der Waals surface area contributed by atoms with Crippen LogP contribution in [0.2, 0.25) is 5.02 Å². The zero-order chi connectivity index (χ0) is 19.9. The van der Waals surface area contributed by atoms with E-state index in [-0.39, 0.29) is 18.2 Å². The first-order chi connectivity index (χ1) is 13.5. The summed E-state index contributed by atoms with van der Waals surface area (Å²) < 4.78 is 5.11. The summed E-state index contributed by atoms with van der Waals surface area (Å²) in [5.74, 6) is 0.286. The molecule has 6 heteroatoms. The summed E-state index contributed by atoms with van der Waals surface area (Å²) >= 11 is 5.93. The number of hydrogen-bond acceptors (Lipinski definition) is 3. The Hall–Kier alpha value is -3.31. The van der Waals surface area contributed by atoms with E-state index in [9.17, 15) is 9.59 Å². The Morgan fingerprint density at radius 3 is 2.25 bits per heavy atom.